The molecule has 0 aliphatic rings. The number of methoxy groups -OCH3 is 1. The van der Waals surface area contributed by atoms with Crippen LogP contribution in [-0.4, -0.2) is 44.0 Å². The number of allylic oxidation sites excluding steroid dienone is 1. The lowest BCUT2D eigenvalue weighted by molar-refractivity contribution is -0.141. The number of nitrogens with zero attached hydrogens (tertiary/aromatic N) is 1. The number of carbonyl (C=O) groups is 3. The van der Waals surface area contributed by atoms with Crippen molar-refractivity contribution in [3.8, 4) is 5.75 Å². The van der Waals surface area contributed by atoms with E-state index in [4.69, 9.17) is 9.47 Å². The van der Waals surface area contributed by atoms with Crippen molar-refractivity contribution in [3.05, 3.63) is 150 Å². The van der Waals surface area contributed by atoms with Gasteiger partial charge in [-0.2, -0.15) is 0 Å². The Morgan fingerprint density at radius 1 is 0.804 bits per heavy atom. The summed E-state index contributed by atoms with van der Waals surface area (Å²) >= 11 is 0. The van der Waals surface area contributed by atoms with Gasteiger partial charge in [-0.25, -0.2) is 4.79 Å². The summed E-state index contributed by atoms with van der Waals surface area (Å²) in [7, 11) is 1.34. The van der Waals surface area contributed by atoms with E-state index in [-0.39, 0.29) is 18.3 Å². The molecule has 0 fully saturated rings. The third-order valence-corrected chi connectivity index (χ3v) is 7.60. The van der Waals surface area contributed by atoms with Gasteiger partial charge in [0.1, 0.15) is 18.4 Å². The molecule has 1 atom stereocenters. The van der Waals surface area contributed by atoms with Crippen LogP contribution in [0.3, 0.4) is 0 Å². The monoisotopic (exact) mass is 612 g/mol. The molecule has 1 N–H and O–H groups in total. The smallest absolute Gasteiger partial charge is 0.328 e. The van der Waals surface area contributed by atoms with E-state index in [0.717, 1.165) is 22.0 Å². The molecule has 0 radical (unpaired) electrons. The Hall–Kier alpha value is -5.69. The zero-order valence-electron chi connectivity index (χ0n) is 25.9. The number of carbonyl (C=O) groups excluding carboxylic acids is 3. The molecule has 7 heteroatoms. The molecular formula is C39H36N2O5. The Bertz CT molecular complexity index is 1830. The predicted molar refractivity (Wildman–Crippen MR) is 182 cm³/mol. The topological polar surface area (TPSA) is 84.9 Å². The van der Waals surface area contributed by atoms with Gasteiger partial charge in [-0.1, -0.05) is 97.1 Å². The number of nitrogens with one attached hydrogen (secondary N) is 1. The number of ketones is 1. The van der Waals surface area contributed by atoms with Crippen molar-refractivity contribution >= 4 is 39.8 Å². The summed E-state index contributed by atoms with van der Waals surface area (Å²) in [6.45, 7) is 2.46. The first-order chi connectivity index (χ1) is 22.5. The predicted octanol–water partition coefficient (Wildman–Crippen LogP) is 7.26. The van der Waals surface area contributed by atoms with Gasteiger partial charge in [-0.05, 0) is 54.3 Å². The van der Waals surface area contributed by atoms with Crippen LogP contribution in [0.2, 0.25) is 0 Å². The second-order valence-corrected chi connectivity index (χ2v) is 10.6. The summed E-state index contributed by atoms with van der Waals surface area (Å²) in [5.41, 5.74) is 3.29. The van der Waals surface area contributed by atoms with Crippen LogP contribution in [0.4, 0.5) is 11.4 Å². The lowest BCUT2D eigenvalue weighted by Crippen LogP contribution is -2.33. The van der Waals surface area contributed by atoms with E-state index in [9.17, 15) is 14.4 Å². The summed E-state index contributed by atoms with van der Waals surface area (Å²) in [6, 6.07) is 36.8. The van der Waals surface area contributed by atoms with Gasteiger partial charge in [0.2, 0.25) is 0 Å². The number of amides is 1. The fourth-order valence-corrected chi connectivity index (χ4v) is 5.31. The number of hydrogen-bond acceptors (Lipinski definition) is 6. The largest absolute Gasteiger partial charge is 0.492 e. The standard InChI is InChI=1S/C39H36N2O5/c1-3-12-37(42)41(36-20-11-16-29-13-7-8-17-32(29)36)25-26-46-31-23-21-28(22-24-31)27-35(39(44)45-2)40-34-19-10-9-18-33(34)38(43)30-14-5-4-6-15-30/h3-24,35,40H,25-27H2,1-2H3/b12-3+/t35-/m0/s1. The van der Waals surface area contributed by atoms with E-state index in [1.807, 2.05) is 97.9 Å². The molecule has 0 unspecified atom stereocenters. The van der Waals surface area contributed by atoms with E-state index < -0.39 is 12.0 Å². The molecule has 0 heterocycles. The first kappa shape index (κ1) is 31.7. The summed E-state index contributed by atoms with van der Waals surface area (Å²) in [5.74, 6) is -0.0606. The molecule has 5 aromatic carbocycles. The van der Waals surface area contributed by atoms with E-state index in [1.165, 1.54) is 7.11 Å². The fourth-order valence-electron chi connectivity index (χ4n) is 5.31. The van der Waals surface area contributed by atoms with Crippen LogP contribution in [0.25, 0.3) is 10.8 Å². The normalized spacial score (nSPS) is 11.6. The number of benzene rings is 5. The van der Waals surface area contributed by atoms with Crippen LogP contribution in [-0.2, 0) is 20.7 Å². The molecule has 1 amide bonds. The highest BCUT2D eigenvalue weighted by Gasteiger charge is 2.23. The van der Waals surface area contributed by atoms with Crippen molar-refractivity contribution < 1.29 is 23.9 Å². The van der Waals surface area contributed by atoms with Crippen LogP contribution < -0.4 is 15.0 Å². The molecule has 0 saturated heterocycles. The maximum Gasteiger partial charge on any atom is 0.328 e. The van der Waals surface area contributed by atoms with Crippen LogP contribution in [0, 0.1) is 0 Å². The van der Waals surface area contributed by atoms with Crippen LogP contribution in [0.5, 0.6) is 5.75 Å². The summed E-state index contributed by atoms with van der Waals surface area (Å²) in [4.78, 5) is 40.8. The van der Waals surface area contributed by atoms with Gasteiger partial charge in [0, 0.05) is 28.6 Å². The molecule has 0 aromatic heterocycles. The highest BCUT2D eigenvalue weighted by atomic mass is 16.5. The van der Waals surface area contributed by atoms with Crippen molar-refractivity contribution in [2.75, 3.05) is 30.5 Å². The van der Waals surface area contributed by atoms with E-state index >= 15 is 0 Å². The Labute approximate surface area is 269 Å². The number of ether oxygens (including phenoxy) is 2. The van der Waals surface area contributed by atoms with Gasteiger partial charge in [-0.3, -0.25) is 9.59 Å². The number of esters is 1. The zero-order valence-corrected chi connectivity index (χ0v) is 25.9. The van der Waals surface area contributed by atoms with Gasteiger partial charge in [0.25, 0.3) is 5.91 Å². The minimum Gasteiger partial charge on any atom is -0.492 e. The fraction of sp³-hybridized carbons (Fsp3) is 0.154. The first-order valence-corrected chi connectivity index (χ1v) is 15.2. The van der Waals surface area contributed by atoms with Gasteiger partial charge in [0.05, 0.1) is 19.3 Å². The van der Waals surface area contributed by atoms with Crippen molar-refractivity contribution in [1.82, 2.24) is 0 Å². The Morgan fingerprint density at radius 3 is 2.26 bits per heavy atom. The molecule has 46 heavy (non-hydrogen) atoms. The summed E-state index contributed by atoms with van der Waals surface area (Å²) in [6.07, 6.45) is 3.61. The third-order valence-electron chi connectivity index (χ3n) is 7.60. The molecule has 0 aliphatic heterocycles. The molecule has 0 bridgehead atoms. The zero-order chi connectivity index (χ0) is 32.3. The summed E-state index contributed by atoms with van der Waals surface area (Å²) < 4.78 is 11.1. The van der Waals surface area contributed by atoms with E-state index in [2.05, 4.69) is 5.32 Å². The van der Waals surface area contributed by atoms with Crippen molar-refractivity contribution in [2.45, 2.75) is 19.4 Å². The van der Waals surface area contributed by atoms with Gasteiger partial charge in [0.15, 0.2) is 5.78 Å². The number of fused-ring (bicyclic) bond motifs is 1. The Morgan fingerprint density at radius 2 is 1.50 bits per heavy atom. The Kier molecular flexibility index (Phi) is 10.6. The first-order valence-electron chi connectivity index (χ1n) is 15.2. The second-order valence-electron chi connectivity index (χ2n) is 10.6. The minimum atomic E-state index is -0.728. The average Bonchev–Trinajstić information content (AvgIpc) is 3.10. The van der Waals surface area contributed by atoms with Crippen LogP contribution >= 0.6 is 0 Å². The maximum atomic E-state index is 13.2. The minimum absolute atomic E-state index is 0.119. The molecular weight excluding hydrogens is 576 g/mol. The lowest BCUT2D eigenvalue weighted by atomic mass is 10.00. The summed E-state index contributed by atoms with van der Waals surface area (Å²) in [5, 5.41) is 5.29. The molecule has 0 aliphatic carbocycles. The van der Waals surface area contributed by atoms with Crippen LogP contribution in [0.15, 0.2) is 133 Å². The average molecular weight is 613 g/mol. The second kappa shape index (κ2) is 15.3. The van der Waals surface area contributed by atoms with Gasteiger partial charge >= 0.3 is 5.97 Å². The number of rotatable bonds is 13. The SMILES string of the molecule is C/C=C/C(=O)N(CCOc1ccc(C[C@H](Nc2ccccc2C(=O)c2ccccc2)C(=O)OC)cc1)c1cccc2ccccc12. The molecule has 5 rings (SSSR count). The van der Waals surface area contributed by atoms with Crippen molar-refractivity contribution in [1.29, 1.82) is 0 Å². The van der Waals surface area contributed by atoms with E-state index in [1.54, 1.807) is 47.4 Å². The highest BCUT2D eigenvalue weighted by molar-refractivity contribution is 6.12. The maximum absolute atomic E-state index is 13.2. The van der Waals surface area contributed by atoms with Crippen molar-refractivity contribution in [3.63, 3.8) is 0 Å². The molecule has 0 saturated carbocycles. The van der Waals surface area contributed by atoms with E-state index in [0.29, 0.717) is 35.5 Å². The number of anilines is 2. The van der Waals surface area contributed by atoms with Gasteiger partial charge < -0.3 is 19.7 Å². The van der Waals surface area contributed by atoms with Crippen LogP contribution in [0.1, 0.15) is 28.4 Å². The van der Waals surface area contributed by atoms with Gasteiger partial charge in [-0.15, -0.1) is 0 Å². The Balaban J connectivity index is 1.26. The number of hydrogen-bond donors (Lipinski definition) is 1. The van der Waals surface area contributed by atoms with Crippen molar-refractivity contribution in [2.24, 2.45) is 0 Å². The molecule has 7 nitrogen and oxygen atoms in total. The molecule has 232 valence electrons. The highest BCUT2D eigenvalue weighted by Crippen LogP contribution is 2.27. The lowest BCUT2D eigenvalue weighted by Gasteiger charge is -2.23. The third kappa shape index (κ3) is 7.68. The quantitative estimate of drug-likeness (QED) is 0.0856. The number of para-hydroxylation sites is 1. The molecule has 0 spiro atoms. The molecule has 5 aromatic rings.